The predicted octanol–water partition coefficient (Wildman–Crippen LogP) is 2.69. The van der Waals surface area contributed by atoms with Crippen molar-refractivity contribution < 1.29 is 0 Å². The Morgan fingerprint density at radius 1 is 1.38 bits per heavy atom. The van der Waals surface area contributed by atoms with E-state index in [4.69, 9.17) is 12.2 Å². The summed E-state index contributed by atoms with van der Waals surface area (Å²) in [4.78, 5) is 0. The van der Waals surface area contributed by atoms with Gasteiger partial charge >= 0.3 is 0 Å². The van der Waals surface area contributed by atoms with E-state index in [2.05, 4.69) is 26.1 Å². The minimum Gasteiger partial charge on any atom is -0.0831 e. The zero-order valence-electron chi connectivity index (χ0n) is 5.82. The van der Waals surface area contributed by atoms with Crippen molar-refractivity contribution in [1.82, 2.24) is 0 Å². The molecule has 1 radical (unpaired) electrons. The van der Waals surface area contributed by atoms with Gasteiger partial charge in [0.15, 0.2) is 0 Å². The van der Waals surface area contributed by atoms with Crippen molar-refractivity contribution in [3.05, 3.63) is 0 Å². The average molecular weight is 129 g/mol. The molecule has 0 heterocycles. The van der Waals surface area contributed by atoms with Gasteiger partial charge in [0.1, 0.15) is 0 Å². The lowest BCUT2D eigenvalue weighted by Crippen LogP contribution is -2.13. The van der Waals surface area contributed by atoms with Crippen molar-refractivity contribution in [3.63, 3.8) is 0 Å². The van der Waals surface area contributed by atoms with Crippen molar-refractivity contribution in [3.8, 4) is 0 Å². The molecule has 47 valence electrons. The maximum atomic E-state index is 4.74. The Labute approximate surface area is 57.3 Å². The number of hydrogen-bond donors (Lipinski definition) is 0. The summed E-state index contributed by atoms with van der Waals surface area (Å²) in [5.41, 5.74) is 0.190. The fraction of sp³-hybridized carbons (Fsp3) is 0.857. The SMILES string of the molecule is CCC(C)([C]=S)CC. The maximum Gasteiger partial charge on any atom is 0.0355 e. The molecule has 0 aromatic carbocycles. The summed E-state index contributed by atoms with van der Waals surface area (Å²) < 4.78 is 0. The predicted molar refractivity (Wildman–Crippen MR) is 41.3 cm³/mol. The van der Waals surface area contributed by atoms with Crippen LogP contribution in [0.15, 0.2) is 0 Å². The Morgan fingerprint density at radius 3 is 1.75 bits per heavy atom. The van der Waals surface area contributed by atoms with Crippen molar-refractivity contribution >= 4 is 17.6 Å². The Kier molecular flexibility index (Phi) is 3.22. The second-order valence-electron chi connectivity index (χ2n) is 2.37. The van der Waals surface area contributed by atoms with Crippen LogP contribution in [0.3, 0.4) is 0 Å². The summed E-state index contributed by atoms with van der Waals surface area (Å²) in [6, 6.07) is 0. The molecule has 0 unspecified atom stereocenters. The van der Waals surface area contributed by atoms with Crippen LogP contribution in [0, 0.1) is 5.41 Å². The first-order chi connectivity index (χ1) is 3.68. The number of hydrogen-bond acceptors (Lipinski definition) is 1. The van der Waals surface area contributed by atoms with Crippen LogP contribution in [0.25, 0.3) is 0 Å². The molecule has 0 atom stereocenters. The molecule has 0 aliphatic carbocycles. The van der Waals surface area contributed by atoms with Gasteiger partial charge < -0.3 is 0 Å². The molecule has 0 fully saturated rings. The highest BCUT2D eigenvalue weighted by Gasteiger charge is 2.15. The van der Waals surface area contributed by atoms with E-state index in [0.29, 0.717) is 0 Å². The minimum absolute atomic E-state index is 0.190. The Morgan fingerprint density at radius 2 is 1.75 bits per heavy atom. The van der Waals surface area contributed by atoms with E-state index < -0.39 is 0 Å². The molecule has 0 aliphatic rings. The van der Waals surface area contributed by atoms with Gasteiger partial charge in [-0.15, -0.1) is 0 Å². The van der Waals surface area contributed by atoms with Gasteiger partial charge in [0.2, 0.25) is 0 Å². The fourth-order valence-electron chi connectivity index (χ4n) is 0.394. The van der Waals surface area contributed by atoms with Gasteiger partial charge in [-0.1, -0.05) is 33.0 Å². The quantitative estimate of drug-likeness (QED) is 0.528. The van der Waals surface area contributed by atoms with Gasteiger partial charge in [0.25, 0.3) is 0 Å². The molecule has 0 N–H and O–H groups in total. The van der Waals surface area contributed by atoms with Gasteiger partial charge in [0.05, 0.1) is 0 Å². The van der Waals surface area contributed by atoms with Crippen molar-refractivity contribution in [2.24, 2.45) is 5.41 Å². The second kappa shape index (κ2) is 3.18. The summed E-state index contributed by atoms with van der Waals surface area (Å²) in [7, 11) is 0. The molecule has 0 aromatic heterocycles. The summed E-state index contributed by atoms with van der Waals surface area (Å²) in [6.07, 6.45) is 2.21. The van der Waals surface area contributed by atoms with Crippen molar-refractivity contribution in [2.45, 2.75) is 33.6 Å². The van der Waals surface area contributed by atoms with E-state index in [1.165, 1.54) is 0 Å². The van der Waals surface area contributed by atoms with Gasteiger partial charge in [-0.25, -0.2) is 0 Å². The van der Waals surface area contributed by atoms with Crippen molar-refractivity contribution in [2.75, 3.05) is 0 Å². The standard InChI is InChI=1S/C7H13S/c1-4-7(3,5-2)6-8/h4-5H2,1-3H3. The van der Waals surface area contributed by atoms with E-state index in [0.717, 1.165) is 12.8 Å². The van der Waals surface area contributed by atoms with E-state index in [-0.39, 0.29) is 5.41 Å². The lowest BCUT2D eigenvalue weighted by Gasteiger charge is -2.18. The Hall–Kier alpha value is 0.0900. The highest BCUT2D eigenvalue weighted by molar-refractivity contribution is 7.79. The van der Waals surface area contributed by atoms with Gasteiger partial charge in [-0.3, -0.25) is 0 Å². The average Bonchev–Trinajstić information content (AvgIpc) is 1.87. The Balaban J connectivity index is 3.76. The zero-order valence-corrected chi connectivity index (χ0v) is 6.64. The van der Waals surface area contributed by atoms with Gasteiger partial charge in [-0.05, 0) is 12.8 Å². The molecule has 0 spiro atoms. The number of thiocarbonyl (C=S) groups is 1. The molecule has 8 heavy (non-hydrogen) atoms. The molecular formula is C7H13S. The summed E-state index contributed by atoms with van der Waals surface area (Å²) in [5, 5.41) is 2.86. The monoisotopic (exact) mass is 129 g/mol. The van der Waals surface area contributed by atoms with E-state index in [9.17, 15) is 0 Å². The van der Waals surface area contributed by atoms with Crippen LogP contribution >= 0.6 is 12.2 Å². The topological polar surface area (TPSA) is 0 Å². The summed E-state index contributed by atoms with van der Waals surface area (Å²) >= 11 is 4.74. The second-order valence-corrected chi connectivity index (χ2v) is 2.57. The minimum atomic E-state index is 0.190. The molecule has 0 saturated carbocycles. The molecule has 0 aliphatic heterocycles. The maximum absolute atomic E-state index is 4.74. The summed E-state index contributed by atoms with van der Waals surface area (Å²) in [5.74, 6) is 0. The molecule has 0 aromatic rings. The molecule has 0 bridgehead atoms. The lowest BCUT2D eigenvalue weighted by molar-refractivity contribution is 0.449. The zero-order chi connectivity index (χ0) is 6.62. The van der Waals surface area contributed by atoms with E-state index in [1.54, 1.807) is 0 Å². The molecule has 0 amide bonds. The third-order valence-corrected chi connectivity index (χ3v) is 2.30. The third-order valence-electron chi connectivity index (χ3n) is 1.81. The van der Waals surface area contributed by atoms with E-state index >= 15 is 0 Å². The first-order valence-electron chi connectivity index (χ1n) is 3.08. The summed E-state index contributed by atoms with van der Waals surface area (Å²) in [6.45, 7) is 6.42. The third kappa shape index (κ3) is 1.91. The lowest BCUT2D eigenvalue weighted by atomic mass is 9.87. The first-order valence-corrected chi connectivity index (χ1v) is 3.48. The van der Waals surface area contributed by atoms with E-state index in [1.807, 2.05) is 0 Å². The van der Waals surface area contributed by atoms with Crippen LogP contribution in [0.2, 0.25) is 0 Å². The van der Waals surface area contributed by atoms with Gasteiger partial charge in [0, 0.05) is 10.8 Å². The molecular weight excluding hydrogens is 116 g/mol. The van der Waals surface area contributed by atoms with Crippen LogP contribution in [0.1, 0.15) is 33.6 Å². The highest BCUT2D eigenvalue weighted by Crippen LogP contribution is 2.21. The van der Waals surface area contributed by atoms with Gasteiger partial charge in [-0.2, -0.15) is 0 Å². The Bertz CT molecular complexity index is 72.5. The van der Waals surface area contributed by atoms with Crippen LogP contribution in [0.4, 0.5) is 0 Å². The smallest absolute Gasteiger partial charge is 0.0355 e. The largest absolute Gasteiger partial charge is 0.0831 e. The van der Waals surface area contributed by atoms with Crippen LogP contribution in [-0.4, -0.2) is 5.37 Å². The molecule has 0 nitrogen and oxygen atoms in total. The van der Waals surface area contributed by atoms with Crippen molar-refractivity contribution in [1.29, 1.82) is 0 Å². The molecule has 1 heteroatoms. The molecule has 0 rings (SSSR count). The van der Waals surface area contributed by atoms with Crippen LogP contribution < -0.4 is 0 Å². The van der Waals surface area contributed by atoms with Crippen LogP contribution in [-0.2, 0) is 0 Å². The molecule has 0 saturated heterocycles. The fourth-order valence-corrected chi connectivity index (χ4v) is 0.683. The highest BCUT2D eigenvalue weighted by atomic mass is 32.1. The van der Waals surface area contributed by atoms with Crippen LogP contribution in [0.5, 0.6) is 0 Å². The first kappa shape index (κ1) is 8.09. The normalized spacial score (nSPS) is 11.4. The number of rotatable bonds is 3.